The molecule has 0 aromatic heterocycles. The second-order valence-electron chi connectivity index (χ2n) is 12.2. The van der Waals surface area contributed by atoms with E-state index in [9.17, 15) is 0 Å². The van der Waals surface area contributed by atoms with Crippen molar-refractivity contribution in [1.82, 2.24) is 0 Å². The summed E-state index contributed by atoms with van der Waals surface area (Å²) in [6.45, 7) is 2.15. The average Bonchev–Trinajstić information content (AvgIpc) is 3.11. The summed E-state index contributed by atoms with van der Waals surface area (Å²) in [5.41, 5.74) is 15.2. The summed E-state index contributed by atoms with van der Waals surface area (Å²) in [6.07, 6.45) is 0. The second-order valence-corrected chi connectivity index (χ2v) is 12.2. The summed E-state index contributed by atoms with van der Waals surface area (Å²) < 4.78 is 0. The van der Waals surface area contributed by atoms with Crippen LogP contribution in [0, 0.1) is 6.92 Å². The van der Waals surface area contributed by atoms with Gasteiger partial charge in [0.25, 0.3) is 0 Å². The topological polar surface area (TPSA) is 3.24 Å². The van der Waals surface area contributed by atoms with Crippen molar-refractivity contribution < 1.29 is 0 Å². The Morgan fingerprint density at radius 1 is 0.348 bits per heavy atom. The first-order chi connectivity index (χ1) is 22.7. The highest BCUT2D eigenvalue weighted by atomic mass is 15.1. The minimum atomic E-state index is 1.15. The van der Waals surface area contributed by atoms with E-state index in [-0.39, 0.29) is 0 Å². The summed E-state index contributed by atoms with van der Waals surface area (Å²) in [4.78, 5) is 2.36. The number of benzene rings is 8. The molecule has 0 N–H and O–H groups in total. The third-order valence-corrected chi connectivity index (χ3v) is 9.37. The molecule has 0 saturated carbocycles. The molecule has 216 valence electrons. The first-order valence-corrected chi connectivity index (χ1v) is 15.9. The van der Waals surface area contributed by atoms with Gasteiger partial charge in [0, 0.05) is 17.1 Å². The molecule has 0 aliphatic heterocycles. The van der Waals surface area contributed by atoms with Crippen LogP contribution in [0.1, 0.15) is 5.56 Å². The molecule has 0 radical (unpaired) electrons. The molecule has 9 rings (SSSR count). The summed E-state index contributed by atoms with van der Waals surface area (Å²) >= 11 is 0. The quantitative estimate of drug-likeness (QED) is 0.194. The number of anilines is 3. The smallest absolute Gasteiger partial charge is 0.0468 e. The van der Waals surface area contributed by atoms with Crippen LogP contribution in [0.25, 0.3) is 66.1 Å². The van der Waals surface area contributed by atoms with Gasteiger partial charge in [0.2, 0.25) is 0 Å². The summed E-state index contributed by atoms with van der Waals surface area (Å²) in [7, 11) is 0. The van der Waals surface area contributed by atoms with E-state index in [1.807, 2.05) is 0 Å². The van der Waals surface area contributed by atoms with Crippen molar-refractivity contribution in [3.63, 3.8) is 0 Å². The lowest BCUT2D eigenvalue weighted by Crippen LogP contribution is -2.10. The molecular formula is C45H31N. The number of aryl methyl sites for hydroxylation is 1. The second kappa shape index (κ2) is 10.6. The van der Waals surface area contributed by atoms with Crippen LogP contribution in [-0.2, 0) is 0 Å². The van der Waals surface area contributed by atoms with Gasteiger partial charge in [0.15, 0.2) is 0 Å². The minimum Gasteiger partial charge on any atom is -0.310 e. The van der Waals surface area contributed by atoms with Crippen LogP contribution in [0.5, 0.6) is 0 Å². The monoisotopic (exact) mass is 585 g/mol. The van der Waals surface area contributed by atoms with Crippen molar-refractivity contribution in [3.05, 3.63) is 175 Å². The molecule has 0 atom stereocenters. The van der Waals surface area contributed by atoms with Crippen molar-refractivity contribution in [2.75, 3.05) is 4.90 Å². The third kappa shape index (κ3) is 4.17. The standard InChI is InChI=1S/C45H31N/c1-30-14-13-21-36(26-30)46(35-19-9-4-10-20-35)37-25-24-33-28-40-41(29-34(33)27-37)45-43(32-17-7-3-8-18-32)39-23-12-11-22-38(39)42(44(40)45)31-15-5-2-6-16-31/h2-29H,1H3. The molecule has 0 amide bonds. The van der Waals surface area contributed by atoms with Crippen LogP contribution < -0.4 is 4.90 Å². The van der Waals surface area contributed by atoms with Gasteiger partial charge in [-0.05, 0) is 127 Å². The van der Waals surface area contributed by atoms with Gasteiger partial charge in [0.1, 0.15) is 0 Å². The fourth-order valence-corrected chi connectivity index (χ4v) is 7.35. The summed E-state index contributed by atoms with van der Waals surface area (Å²) in [5.74, 6) is 0. The fourth-order valence-electron chi connectivity index (χ4n) is 7.35. The zero-order valence-electron chi connectivity index (χ0n) is 25.6. The maximum absolute atomic E-state index is 2.42. The highest BCUT2D eigenvalue weighted by molar-refractivity contribution is 6.25. The van der Waals surface area contributed by atoms with Gasteiger partial charge in [-0.1, -0.05) is 121 Å². The van der Waals surface area contributed by atoms with Crippen LogP contribution >= 0.6 is 0 Å². The molecule has 1 aliphatic carbocycles. The Labute approximate surface area is 269 Å². The Kier molecular flexibility index (Phi) is 6.11. The molecule has 1 heteroatoms. The maximum Gasteiger partial charge on any atom is 0.0468 e. The summed E-state index contributed by atoms with van der Waals surface area (Å²) in [6, 6.07) is 61.9. The van der Waals surface area contributed by atoms with E-state index in [2.05, 4.69) is 182 Å². The van der Waals surface area contributed by atoms with Crippen LogP contribution in [-0.4, -0.2) is 0 Å². The number of fused-ring (bicyclic) bond motifs is 6. The van der Waals surface area contributed by atoms with Gasteiger partial charge in [0.05, 0.1) is 0 Å². The van der Waals surface area contributed by atoms with Gasteiger partial charge in [-0.15, -0.1) is 0 Å². The van der Waals surface area contributed by atoms with E-state index in [1.165, 1.54) is 71.6 Å². The Bertz CT molecular complexity index is 2410. The zero-order valence-corrected chi connectivity index (χ0v) is 25.6. The van der Waals surface area contributed by atoms with E-state index >= 15 is 0 Å². The van der Waals surface area contributed by atoms with Crippen LogP contribution in [0.3, 0.4) is 0 Å². The van der Waals surface area contributed by atoms with Gasteiger partial charge >= 0.3 is 0 Å². The molecule has 0 fully saturated rings. The number of hydrogen-bond acceptors (Lipinski definition) is 1. The average molecular weight is 586 g/mol. The normalized spacial score (nSPS) is 11.6. The molecular weight excluding hydrogens is 555 g/mol. The van der Waals surface area contributed by atoms with E-state index in [1.54, 1.807) is 0 Å². The first-order valence-electron chi connectivity index (χ1n) is 15.9. The Morgan fingerprint density at radius 3 is 1.43 bits per heavy atom. The Balaban J connectivity index is 1.30. The van der Waals surface area contributed by atoms with Crippen LogP contribution in [0.4, 0.5) is 17.1 Å². The third-order valence-electron chi connectivity index (χ3n) is 9.37. The van der Waals surface area contributed by atoms with Crippen molar-refractivity contribution in [2.45, 2.75) is 6.92 Å². The van der Waals surface area contributed by atoms with E-state index in [0.29, 0.717) is 0 Å². The van der Waals surface area contributed by atoms with Crippen LogP contribution in [0.15, 0.2) is 170 Å². The van der Waals surface area contributed by atoms with Crippen molar-refractivity contribution in [2.24, 2.45) is 0 Å². The van der Waals surface area contributed by atoms with Crippen molar-refractivity contribution in [3.8, 4) is 44.5 Å². The van der Waals surface area contributed by atoms with E-state index < -0.39 is 0 Å². The van der Waals surface area contributed by atoms with Gasteiger partial charge in [-0.3, -0.25) is 0 Å². The molecule has 0 unspecified atom stereocenters. The van der Waals surface area contributed by atoms with E-state index in [0.717, 1.165) is 17.1 Å². The largest absolute Gasteiger partial charge is 0.310 e. The predicted octanol–water partition coefficient (Wildman–Crippen LogP) is 12.8. The van der Waals surface area contributed by atoms with Gasteiger partial charge < -0.3 is 4.90 Å². The lowest BCUT2D eigenvalue weighted by atomic mass is 9.70. The first kappa shape index (κ1) is 26.5. The zero-order chi connectivity index (χ0) is 30.6. The minimum absolute atomic E-state index is 1.15. The number of rotatable bonds is 5. The summed E-state index contributed by atoms with van der Waals surface area (Å²) in [5, 5.41) is 5.08. The fraction of sp³-hybridized carbons (Fsp3) is 0.0222. The molecule has 46 heavy (non-hydrogen) atoms. The molecule has 8 aromatic rings. The highest BCUT2D eigenvalue weighted by Gasteiger charge is 2.32. The highest BCUT2D eigenvalue weighted by Crippen LogP contribution is 2.59. The SMILES string of the molecule is Cc1cccc(N(c2ccccc2)c2ccc3cc4c(cc3c2)-c2c-4c(-c3ccccc3)c3ccccc3c2-c2ccccc2)c1. The molecule has 0 saturated heterocycles. The van der Waals surface area contributed by atoms with Crippen LogP contribution in [0.2, 0.25) is 0 Å². The van der Waals surface area contributed by atoms with Gasteiger partial charge in [-0.2, -0.15) is 0 Å². The van der Waals surface area contributed by atoms with Crippen molar-refractivity contribution >= 4 is 38.6 Å². The predicted molar refractivity (Wildman–Crippen MR) is 196 cm³/mol. The maximum atomic E-state index is 2.42. The molecule has 0 spiro atoms. The van der Waals surface area contributed by atoms with Crippen molar-refractivity contribution in [1.29, 1.82) is 0 Å². The molecule has 0 heterocycles. The van der Waals surface area contributed by atoms with E-state index in [4.69, 9.17) is 0 Å². The number of para-hydroxylation sites is 1. The lowest BCUT2D eigenvalue weighted by molar-refractivity contribution is 1.28. The number of nitrogens with zero attached hydrogens (tertiary/aromatic N) is 1. The Hall–Kier alpha value is -5.92. The molecule has 1 nitrogen and oxygen atoms in total. The number of hydrogen-bond donors (Lipinski definition) is 0. The molecule has 0 bridgehead atoms. The molecule has 1 aliphatic rings. The molecule has 8 aromatic carbocycles. The lowest BCUT2D eigenvalue weighted by Gasteiger charge is -2.33. The van der Waals surface area contributed by atoms with Gasteiger partial charge in [-0.25, -0.2) is 0 Å². The Morgan fingerprint density at radius 2 is 0.848 bits per heavy atom.